The van der Waals surface area contributed by atoms with Gasteiger partial charge in [-0.05, 0) is 5.41 Å². The molecule has 0 aliphatic carbocycles. The molecule has 21 heavy (non-hydrogen) atoms. The van der Waals surface area contributed by atoms with E-state index in [9.17, 15) is 14.4 Å². The van der Waals surface area contributed by atoms with Gasteiger partial charge in [0.1, 0.15) is 0 Å². The molecule has 0 N–H and O–H groups in total. The molecule has 0 spiro atoms. The van der Waals surface area contributed by atoms with E-state index in [0.717, 1.165) is 0 Å². The van der Waals surface area contributed by atoms with Crippen molar-refractivity contribution in [1.29, 1.82) is 0 Å². The maximum absolute atomic E-state index is 9.68. The largest absolute Gasteiger partial charge is 0.288 e. The lowest BCUT2D eigenvalue weighted by Crippen LogP contribution is -2.00. The van der Waals surface area contributed by atoms with Crippen molar-refractivity contribution >= 4 is 53.2 Å². The van der Waals surface area contributed by atoms with Crippen LogP contribution in [0.3, 0.4) is 0 Å². The molecule has 0 aromatic carbocycles. The van der Waals surface area contributed by atoms with Gasteiger partial charge in [-0.2, -0.15) is 0 Å². The Kier molecular flexibility index (Phi) is 27.8. The molecule has 0 fully saturated rings. The number of hydrogen-bond acceptors (Lipinski definition) is 3. The van der Waals surface area contributed by atoms with Crippen LogP contribution in [0.15, 0.2) is 0 Å². The first-order valence-electron chi connectivity index (χ1n) is 7.03. The van der Waals surface area contributed by atoms with Crippen molar-refractivity contribution in [3.8, 4) is 0 Å². The van der Waals surface area contributed by atoms with Crippen LogP contribution in [-0.4, -0.2) is 15.3 Å². The Hall–Kier alpha value is 0.0600. The zero-order chi connectivity index (χ0) is 18.1. The molecule has 0 aromatic rings. The molecule has 0 heterocycles. The fourth-order valence-electron chi connectivity index (χ4n) is 0. The number of hydrogen-bond donors (Lipinski definition) is 3. The van der Waals surface area contributed by atoms with Crippen LogP contribution in [0.25, 0.3) is 0 Å². The molecule has 0 bridgehead atoms. The number of rotatable bonds is 3. The molecule has 0 amide bonds. The van der Waals surface area contributed by atoms with Crippen LogP contribution in [0.4, 0.5) is 0 Å². The van der Waals surface area contributed by atoms with Gasteiger partial charge in [0.2, 0.25) is 0 Å². The van der Waals surface area contributed by atoms with Crippen molar-refractivity contribution in [3.63, 3.8) is 0 Å². The van der Waals surface area contributed by atoms with Gasteiger partial charge in [0, 0.05) is 19.3 Å². The van der Waals surface area contributed by atoms with Crippen LogP contribution < -0.4 is 0 Å². The normalized spacial score (nSPS) is 8.86. The smallest absolute Gasteiger partial charge is 0.185 e. The van der Waals surface area contributed by atoms with Crippen molar-refractivity contribution in [2.75, 3.05) is 0 Å². The highest BCUT2D eigenvalue weighted by Crippen LogP contribution is 2.16. The van der Waals surface area contributed by atoms with E-state index in [1.165, 1.54) is 6.42 Å². The molecule has 0 saturated heterocycles. The highest BCUT2D eigenvalue weighted by molar-refractivity contribution is 7.97. The Morgan fingerprint density at radius 2 is 0.762 bits per heavy atom. The van der Waals surface area contributed by atoms with Crippen molar-refractivity contribution in [2.45, 2.75) is 74.1 Å². The van der Waals surface area contributed by atoms with Gasteiger partial charge in [0.25, 0.3) is 0 Å². The molecule has 3 nitrogen and oxygen atoms in total. The first-order chi connectivity index (χ1) is 9.37. The molecular weight excluding hydrogens is 324 g/mol. The summed E-state index contributed by atoms with van der Waals surface area (Å²) in [5.41, 5.74) is 0.542. The van der Waals surface area contributed by atoms with E-state index in [1.54, 1.807) is 20.8 Å². The minimum absolute atomic E-state index is 0.0509. The van der Waals surface area contributed by atoms with Crippen LogP contribution in [0.5, 0.6) is 0 Å². The third-order valence-corrected chi connectivity index (χ3v) is 2.92. The molecule has 0 rings (SSSR count). The fraction of sp³-hybridized carbons (Fsp3) is 0.800. The minimum Gasteiger partial charge on any atom is -0.288 e. The van der Waals surface area contributed by atoms with Crippen molar-refractivity contribution in [3.05, 3.63) is 0 Å². The topological polar surface area (TPSA) is 51.2 Å². The Labute approximate surface area is 147 Å². The van der Waals surface area contributed by atoms with Crippen molar-refractivity contribution < 1.29 is 14.4 Å². The summed E-state index contributed by atoms with van der Waals surface area (Å²) in [6.07, 6.45) is 2.86. The molecular formula is C15H32O3S3. The average molecular weight is 357 g/mol. The van der Waals surface area contributed by atoms with Gasteiger partial charge in [-0.15, -0.1) is 37.9 Å². The molecule has 0 aliphatic heterocycles. The standard InChI is InChI=1S/C6H14.3C3H6OS/c1-5-6(2,3)4;3*1-2-3(4)5/h5H2,1-4H3;3*2H2,1H3,(H,4,5). The quantitative estimate of drug-likeness (QED) is 0.624. The molecule has 6 heteroatoms. The SMILES string of the molecule is CCC(=O)S.CCC(=O)S.CCC(=O)S.CCC(C)(C)C. The number of thiol groups is 3. The Bertz CT molecular complexity index is 239. The van der Waals surface area contributed by atoms with Gasteiger partial charge < -0.3 is 0 Å². The van der Waals surface area contributed by atoms with Gasteiger partial charge in [-0.3, -0.25) is 14.4 Å². The zero-order valence-corrected chi connectivity index (χ0v) is 17.1. The monoisotopic (exact) mass is 356 g/mol. The lowest BCUT2D eigenvalue weighted by atomic mass is 9.94. The highest BCUT2D eigenvalue weighted by Gasteiger charge is 2.03. The van der Waals surface area contributed by atoms with Gasteiger partial charge in [0.15, 0.2) is 15.3 Å². The van der Waals surface area contributed by atoms with Crippen molar-refractivity contribution in [2.24, 2.45) is 5.41 Å². The van der Waals surface area contributed by atoms with Crippen LogP contribution in [0.2, 0.25) is 0 Å². The third-order valence-electron chi connectivity index (χ3n) is 1.97. The molecule has 0 atom stereocenters. The maximum Gasteiger partial charge on any atom is 0.185 e. The van der Waals surface area contributed by atoms with Gasteiger partial charge in [0.05, 0.1) is 0 Å². The van der Waals surface area contributed by atoms with Crippen LogP contribution in [0.1, 0.15) is 74.1 Å². The second-order valence-electron chi connectivity index (χ2n) is 5.16. The Morgan fingerprint density at radius 1 is 0.667 bits per heavy atom. The highest BCUT2D eigenvalue weighted by atomic mass is 32.1. The lowest BCUT2D eigenvalue weighted by molar-refractivity contribution is -0.111. The first kappa shape index (κ1) is 29.1. The van der Waals surface area contributed by atoms with E-state index in [4.69, 9.17) is 0 Å². The summed E-state index contributed by atoms with van der Waals surface area (Å²) in [6.45, 7) is 14.3. The molecule has 0 aliphatic rings. The summed E-state index contributed by atoms with van der Waals surface area (Å²) >= 11 is 10.4. The molecule has 0 radical (unpaired) electrons. The van der Waals surface area contributed by atoms with E-state index in [2.05, 4.69) is 65.6 Å². The van der Waals surface area contributed by atoms with Crippen molar-refractivity contribution in [1.82, 2.24) is 0 Å². The minimum atomic E-state index is -0.0509. The van der Waals surface area contributed by atoms with E-state index < -0.39 is 0 Å². The zero-order valence-electron chi connectivity index (χ0n) is 14.4. The second-order valence-corrected chi connectivity index (χ2v) is 6.65. The van der Waals surface area contributed by atoms with Crippen LogP contribution in [0, 0.1) is 5.41 Å². The first-order valence-corrected chi connectivity index (χ1v) is 8.37. The summed E-state index contributed by atoms with van der Waals surface area (Å²) in [4.78, 5) is 29.0. The van der Waals surface area contributed by atoms with Gasteiger partial charge >= 0.3 is 0 Å². The van der Waals surface area contributed by atoms with Crippen LogP contribution in [-0.2, 0) is 14.4 Å². The average Bonchev–Trinajstić information content (AvgIpc) is 2.39. The predicted molar refractivity (Wildman–Crippen MR) is 103 cm³/mol. The lowest BCUT2D eigenvalue weighted by Gasteiger charge is -2.12. The maximum atomic E-state index is 9.68. The second kappa shape index (κ2) is 20.1. The van der Waals surface area contributed by atoms with E-state index in [-0.39, 0.29) is 15.3 Å². The summed E-state index contributed by atoms with van der Waals surface area (Å²) in [5, 5.41) is -0.153. The Balaban J connectivity index is -0.0000000921. The summed E-state index contributed by atoms with van der Waals surface area (Å²) in [7, 11) is 0. The fourth-order valence-corrected chi connectivity index (χ4v) is 0. The van der Waals surface area contributed by atoms with E-state index in [0.29, 0.717) is 24.7 Å². The predicted octanol–water partition coefficient (Wildman–Crippen LogP) is 5.00. The molecule has 128 valence electrons. The summed E-state index contributed by atoms with van der Waals surface area (Å²) in [5.74, 6) is 0. The van der Waals surface area contributed by atoms with E-state index in [1.807, 2.05) is 0 Å². The number of carbonyl (C=O) groups is 3. The summed E-state index contributed by atoms with van der Waals surface area (Å²) < 4.78 is 0. The molecule has 0 unspecified atom stereocenters. The van der Waals surface area contributed by atoms with Crippen LogP contribution >= 0.6 is 37.9 Å². The van der Waals surface area contributed by atoms with Gasteiger partial charge in [-0.1, -0.05) is 54.9 Å². The Morgan fingerprint density at radius 3 is 0.762 bits per heavy atom. The molecule has 0 saturated carbocycles. The molecule has 0 aromatic heterocycles. The van der Waals surface area contributed by atoms with E-state index >= 15 is 0 Å². The van der Waals surface area contributed by atoms with Gasteiger partial charge in [-0.25, -0.2) is 0 Å². The third kappa shape index (κ3) is 79.7. The summed E-state index contributed by atoms with van der Waals surface area (Å²) in [6, 6.07) is 0. The number of carbonyl (C=O) groups excluding carboxylic acids is 3.